The maximum absolute atomic E-state index is 6.18. The van der Waals surface area contributed by atoms with Gasteiger partial charge in [-0.2, -0.15) is 0 Å². The predicted molar refractivity (Wildman–Crippen MR) is 77.1 cm³/mol. The van der Waals surface area contributed by atoms with Crippen LogP contribution in [0.15, 0.2) is 28.7 Å². The van der Waals surface area contributed by atoms with E-state index in [1.807, 2.05) is 24.3 Å². The van der Waals surface area contributed by atoms with E-state index >= 15 is 0 Å². The lowest BCUT2D eigenvalue weighted by Gasteiger charge is -2.32. The van der Waals surface area contributed by atoms with Crippen molar-refractivity contribution < 1.29 is 4.42 Å². The Labute approximate surface area is 117 Å². The van der Waals surface area contributed by atoms with Crippen molar-refractivity contribution in [2.24, 2.45) is 0 Å². The third-order valence-electron chi connectivity index (χ3n) is 3.63. The van der Waals surface area contributed by atoms with Crippen LogP contribution in [-0.2, 0) is 6.54 Å². The van der Waals surface area contributed by atoms with E-state index in [0.29, 0.717) is 11.8 Å². The van der Waals surface area contributed by atoms with Crippen LogP contribution in [0.2, 0.25) is 5.22 Å². The summed E-state index contributed by atoms with van der Waals surface area (Å²) in [6.07, 6.45) is 0. The van der Waals surface area contributed by atoms with E-state index in [9.17, 15) is 0 Å². The van der Waals surface area contributed by atoms with Gasteiger partial charge in [0.15, 0.2) is 5.22 Å². The normalized spacial score (nSPS) is 18.2. The van der Waals surface area contributed by atoms with Gasteiger partial charge < -0.3 is 9.32 Å². The topological polar surface area (TPSA) is 31.6 Å². The third kappa shape index (κ3) is 2.77. The molecular weight excluding hydrogens is 262 g/mol. The third-order valence-corrected chi connectivity index (χ3v) is 3.94. The molecule has 1 aliphatic heterocycles. The van der Waals surface area contributed by atoms with Gasteiger partial charge in [-0.15, -0.1) is 0 Å². The minimum atomic E-state index is 0.489. The fraction of sp³-hybridized carbons (Fsp3) is 0.429. The average molecular weight is 280 g/mol. The molecule has 1 fully saturated rings. The molecule has 1 saturated heterocycles. The standard InChI is InChI=1S/C14H18ClN3O/c1-17-6-8-18(9-7-17)16-10-12-11-4-2-3-5-13(11)19-14(12)15/h2-5,16H,6-10H2,1H3. The number of hydrogen-bond donors (Lipinski definition) is 1. The van der Waals surface area contributed by atoms with Crippen LogP contribution in [0.4, 0.5) is 0 Å². The summed E-state index contributed by atoms with van der Waals surface area (Å²) in [4.78, 5) is 2.33. The number of para-hydroxylation sites is 1. The highest BCUT2D eigenvalue weighted by Gasteiger charge is 2.16. The van der Waals surface area contributed by atoms with Crippen LogP contribution >= 0.6 is 11.6 Å². The number of piperazine rings is 1. The zero-order valence-corrected chi connectivity index (χ0v) is 11.8. The molecule has 0 bridgehead atoms. The van der Waals surface area contributed by atoms with E-state index in [4.69, 9.17) is 16.0 Å². The van der Waals surface area contributed by atoms with Crippen molar-refractivity contribution in [3.8, 4) is 0 Å². The molecule has 0 spiro atoms. The molecule has 1 aromatic heterocycles. The molecule has 0 amide bonds. The zero-order chi connectivity index (χ0) is 13.2. The molecule has 19 heavy (non-hydrogen) atoms. The van der Waals surface area contributed by atoms with Gasteiger partial charge in [-0.25, -0.2) is 5.01 Å². The van der Waals surface area contributed by atoms with Crippen molar-refractivity contribution in [1.82, 2.24) is 15.3 Å². The number of nitrogens with one attached hydrogen (secondary N) is 1. The number of halogens is 1. The van der Waals surface area contributed by atoms with Gasteiger partial charge in [-0.05, 0) is 24.7 Å². The summed E-state index contributed by atoms with van der Waals surface area (Å²) in [6, 6.07) is 7.96. The summed E-state index contributed by atoms with van der Waals surface area (Å²) in [5.41, 5.74) is 5.33. The number of nitrogens with zero attached hydrogens (tertiary/aromatic N) is 2. The summed E-state index contributed by atoms with van der Waals surface area (Å²) in [5.74, 6) is 0. The molecule has 1 aromatic carbocycles. The monoisotopic (exact) mass is 279 g/mol. The lowest BCUT2D eigenvalue weighted by Crippen LogP contribution is -2.50. The molecule has 5 heteroatoms. The summed E-state index contributed by atoms with van der Waals surface area (Å²) >= 11 is 6.18. The van der Waals surface area contributed by atoms with Crippen molar-refractivity contribution in [1.29, 1.82) is 0 Å². The van der Waals surface area contributed by atoms with Crippen molar-refractivity contribution in [3.05, 3.63) is 35.0 Å². The first kappa shape index (κ1) is 12.9. The van der Waals surface area contributed by atoms with Crippen molar-refractivity contribution in [2.75, 3.05) is 33.2 Å². The number of hydrogen-bond acceptors (Lipinski definition) is 4. The molecule has 1 N–H and O–H groups in total. The van der Waals surface area contributed by atoms with E-state index < -0.39 is 0 Å². The number of likely N-dealkylation sites (N-methyl/N-ethyl adjacent to an activating group) is 1. The first-order chi connectivity index (χ1) is 9.24. The quantitative estimate of drug-likeness (QED) is 0.935. The number of rotatable bonds is 3. The molecule has 2 aromatic rings. The highest BCUT2D eigenvalue weighted by molar-refractivity contribution is 6.30. The Morgan fingerprint density at radius 3 is 2.74 bits per heavy atom. The Kier molecular flexibility index (Phi) is 3.75. The predicted octanol–water partition coefficient (Wildman–Crippen LogP) is 2.34. The van der Waals surface area contributed by atoms with Gasteiger partial charge >= 0.3 is 0 Å². The largest absolute Gasteiger partial charge is 0.444 e. The Bertz CT molecular complexity index is 561. The van der Waals surface area contributed by atoms with Gasteiger partial charge in [0.25, 0.3) is 0 Å². The Hall–Kier alpha value is -1.07. The van der Waals surface area contributed by atoms with Gasteiger partial charge in [-0.1, -0.05) is 18.2 Å². The lowest BCUT2D eigenvalue weighted by molar-refractivity contribution is 0.102. The summed E-state index contributed by atoms with van der Waals surface area (Å²) in [5, 5.41) is 3.83. The second-order valence-corrected chi connectivity index (χ2v) is 5.32. The van der Waals surface area contributed by atoms with Crippen molar-refractivity contribution in [3.63, 3.8) is 0 Å². The van der Waals surface area contributed by atoms with E-state index in [0.717, 1.165) is 42.7 Å². The summed E-state index contributed by atoms with van der Waals surface area (Å²) < 4.78 is 5.55. The minimum absolute atomic E-state index is 0.489. The average Bonchev–Trinajstić information content (AvgIpc) is 2.74. The first-order valence-corrected chi connectivity index (χ1v) is 6.95. The molecule has 0 unspecified atom stereocenters. The highest BCUT2D eigenvalue weighted by atomic mass is 35.5. The number of benzene rings is 1. The van der Waals surface area contributed by atoms with Crippen LogP contribution in [0.3, 0.4) is 0 Å². The van der Waals surface area contributed by atoms with Crippen molar-refractivity contribution >= 4 is 22.6 Å². The van der Waals surface area contributed by atoms with E-state index in [2.05, 4.69) is 22.4 Å². The van der Waals surface area contributed by atoms with Crippen molar-refractivity contribution in [2.45, 2.75) is 6.54 Å². The van der Waals surface area contributed by atoms with E-state index in [1.54, 1.807) is 0 Å². The Balaban J connectivity index is 1.70. The zero-order valence-electron chi connectivity index (χ0n) is 11.0. The van der Waals surface area contributed by atoms with Crippen LogP contribution in [0, 0.1) is 0 Å². The molecule has 0 aliphatic carbocycles. The molecular formula is C14H18ClN3O. The smallest absolute Gasteiger partial charge is 0.199 e. The van der Waals surface area contributed by atoms with Gasteiger partial charge in [0.1, 0.15) is 5.58 Å². The maximum atomic E-state index is 6.18. The Morgan fingerprint density at radius 2 is 1.95 bits per heavy atom. The SMILES string of the molecule is CN1CCN(NCc2c(Cl)oc3ccccc23)CC1. The molecule has 0 atom stereocenters. The van der Waals surface area contributed by atoms with Crippen LogP contribution in [0.25, 0.3) is 11.0 Å². The van der Waals surface area contributed by atoms with Gasteiger partial charge in [-0.3, -0.25) is 5.43 Å². The molecule has 4 nitrogen and oxygen atoms in total. The maximum Gasteiger partial charge on any atom is 0.199 e. The number of hydrazine groups is 1. The van der Waals surface area contributed by atoms with Gasteiger partial charge in [0.05, 0.1) is 0 Å². The Morgan fingerprint density at radius 1 is 1.21 bits per heavy atom. The fourth-order valence-corrected chi connectivity index (χ4v) is 2.64. The van der Waals surface area contributed by atoms with Crippen LogP contribution < -0.4 is 5.43 Å². The highest BCUT2D eigenvalue weighted by Crippen LogP contribution is 2.29. The van der Waals surface area contributed by atoms with Crippen LogP contribution in [0.1, 0.15) is 5.56 Å². The second kappa shape index (κ2) is 5.51. The molecule has 102 valence electrons. The minimum Gasteiger partial charge on any atom is -0.444 e. The first-order valence-electron chi connectivity index (χ1n) is 6.57. The summed E-state index contributed by atoms with van der Waals surface area (Å²) in [6.45, 7) is 4.95. The van der Waals surface area contributed by atoms with Gasteiger partial charge in [0.2, 0.25) is 0 Å². The van der Waals surface area contributed by atoms with E-state index in [-0.39, 0.29) is 0 Å². The fourth-order valence-electron chi connectivity index (χ4n) is 2.39. The molecule has 0 radical (unpaired) electrons. The van der Waals surface area contributed by atoms with Gasteiger partial charge in [0, 0.05) is 43.7 Å². The van der Waals surface area contributed by atoms with E-state index in [1.165, 1.54) is 0 Å². The number of fused-ring (bicyclic) bond motifs is 1. The molecule has 3 rings (SSSR count). The lowest BCUT2D eigenvalue weighted by atomic mass is 10.2. The second-order valence-electron chi connectivity index (χ2n) is 4.98. The molecule has 1 aliphatic rings. The van der Waals surface area contributed by atoms with Crippen LogP contribution in [0.5, 0.6) is 0 Å². The summed E-state index contributed by atoms with van der Waals surface area (Å²) in [7, 11) is 2.15. The molecule has 0 saturated carbocycles. The molecule has 2 heterocycles. The number of furan rings is 1. The van der Waals surface area contributed by atoms with Crippen LogP contribution in [-0.4, -0.2) is 43.1 Å².